The van der Waals surface area contributed by atoms with Crippen LogP contribution in [0.25, 0.3) is 0 Å². The van der Waals surface area contributed by atoms with Gasteiger partial charge in [0.05, 0.1) is 32.0 Å². The van der Waals surface area contributed by atoms with Gasteiger partial charge in [-0.05, 0) is 92.0 Å². The van der Waals surface area contributed by atoms with Crippen LogP contribution in [0.15, 0.2) is 61.1 Å². The molecule has 2 aliphatic rings. The normalized spacial score (nSPS) is 13.2. The van der Waals surface area contributed by atoms with Crippen molar-refractivity contribution < 1.29 is 37.3 Å². The summed E-state index contributed by atoms with van der Waals surface area (Å²) in [5.74, 6) is -0.0218. The van der Waals surface area contributed by atoms with Gasteiger partial charge < -0.3 is 29.6 Å². The molecule has 2 aliphatic carbocycles. The standard InChI is InChI=1S/C19H21FN2O3.C18H18ClFN2O3.C2H6/c1-12-8-9-21-19(25-14-4-3-5-14)17(12)18(23)22-11-13-6-7-16(24-2)15(20)10-13;1-24-15-5-4-12(6-14(15)20)7-22-18(23)17-13(19)8-21-9-16(17)25-10-11-2-3-11;1-2/h6-10,14H,3-5,11H2,1-2H3,(H,22,23);4-6,8-9,11H,2-3,7,10H2,1H3,(H,22,23);1-2H3. The van der Waals surface area contributed by atoms with Gasteiger partial charge in [0.15, 0.2) is 28.9 Å². The van der Waals surface area contributed by atoms with E-state index in [-0.39, 0.29) is 47.2 Å². The number of nitrogens with zero attached hydrogens (tertiary/aromatic N) is 2. The van der Waals surface area contributed by atoms with Crippen molar-refractivity contribution in [3.8, 4) is 23.1 Å². The Bertz CT molecular complexity index is 1820. The number of halogens is 3. The molecule has 0 radical (unpaired) electrons. The fourth-order valence-electron chi connectivity index (χ4n) is 4.97. The summed E-state index contributed by atoms with van der Waals surface area (Å²) in [6.45, 7) is 6.75. The molecule has 10 nitrogen and oxygen atoms in total. The molecule has 13 heteroatoms. The lowest BCUT2D eigenvalue weighted by Crippen LogP contribution is -2.29. The summed E-state index contributed by atoms with van der Waals surface area (Å²) in [5.41, 5.74) is 2.73. The number of methoxy groups -OCH3 is 2. The highest BCUT2D eigenvalue weighted by Crippen LogP contribution is 2.32. The Kier molecular flexibility index (Phi) is 15.0. The van der Waals surface area contributed by atoms with Gasteiger partial charge in [0.25, 0.3) is 11.8 Å². The van der Waals surface area contributed by atoms with E-state index in [1.165, 1.54) is 50.9 Å². The number of benzene rings is 2. The third-order valence-electron chi connectivity index (χ3n) is 8.28. The molecule has 2 aromatic carbocycles. The van der Waals surface area contributed by atoms with Crippen LogP contribution in [0.2, 0.25) is 5.02 Å². The molecule has 0 unspecified atom stereocenters. The fourth-order valence-corrected chi connectivity index (χ4v) is 5.20. The first-order chi connectivity index (χ1) is 25.2. The highest BCUT2D eigenvalue weighted by Gasteiger charge is 2.25. The van der Waals surface area contributed by atoms with E-state index in [0.29, 0.717) is 40.8 Å². The number of hydrogen-bond donors (Lipinski definition) is 2. The lowest BCUT2D eigenvalue weighted by atomic mass is 9.96. The highest BCUT2D eigenvalue weighted by atomic mass is 35.5. The number of aromatic nitrogens is 2. The first kappa shape index (κ1) is 39.8. The van der Waals surface area contributed by atoms with Gasteiger partial charge in [0.1, 0.15) is 17.2 Å². The number of nitrogens with one attached hydrogen (secondary N) is 2. The van der Waals surface area contributed by atoms with Crippen LogP contribution in [-0.4, -0.2) is 48.7 Å². The Morgan fingerprint density at radius 3 is 1.90 bits per heavy atom. The molecule has 0 atom stereocenters. The topological polar surface area (TPSA) is 121 Å². The molecule has 2 amide bonds. The van der Waals surface area contributed by atoms with Crippen LogP contribution in [0.5, 0.6) is 23.1 Å². The summed E-state index contributed by atoms with van der Waals surface area (Å²) in [7, 11) is 2.81. The van der Waals surface area contributed by atoms with E-state index in [1.54, 1.807) is 24.4 Å². The zero-order valence-corrected chi connectivity index (χ0v) is 30.8. The van der Waals surface area contributed by atoms with Gasteiger partial charge in [-0.25, -0.2) is 13.8 Å². The Morgan fingerprint density at radius 2 is 1.40 bits per heavy atom. The predicted octanol–water partition coefficient (Wildman–Crippen LogP) is 8.03. The number of carbonyl (C=O) groups excluding carboxylic acids is 2. The third-order valence-corrected chi connectivity index (χ3v) is 8.57. The average Bonchev–Trinajstić information content (AvgIpc) is 3.96. The SMILES string of the molecule is CC.COc1ccc(CNC(=O)c2c(C)ccnc2OC2CCC2)cc1F.COc1ccc(CNC(=O)c2c(Cl)cncc2OCC2CC2)cc1F. The largest absolute Gasteiger partial charge is 0.494 e. The van der Waals surface area contributed by atoms with Crippen molar-refractivity contribution in [1.82, 2.24) is 20.6 Å². The molecule has 0 aliphatic heterocycles. The fraction of sp³-hybridized carbons (Fsp3) is 0.385. The van der Waals surface area contributed by atoms with Crippen molar-refractivity contribution in [2.24, 2.45) is 5.92 Å². The summed E-state index contributed by atoms with van der Waals surface area (Å²) in [6.07, 6.45) is 10.0. The van der Waals surface area contributed by atoms with E-state index >= 15 is 0 Å². The van der Waals surface area contributed by atoms with E-state index in [1.807, 2.05) is 20.8 Å². The minimum Gasteiger partial charge on any atom is -0.494 e. The second-order valence-electron chi connectivity index (χ2n) is 12.0. The van der Waals surface area contributed by atoms with Crippen molar-refractivity contribution in [2.75, 3.05) is 20.8 Å². The Labute approximate surface area is 308 Å². The Balaban J connectivity index is 0.000000222. The number of amides is 2. The lowest BCUT2D eigenvalue weighted by Gasteiger charge is -2.26. The smallest absolute Gasteiger partial charge is 0.257 e. The van der Waals surface area contributed by atoms with Gasteiger partial charge in [0, 0.05) is 25.5 Å². The van der Waals surface area contributed by atoms with E-state index in [9.17, 15) is 18.4 Å². The van der Waals surface area contributed by atoms with Crippen molar-refractivity contribution in [3.05, 3.63) is 106 Å². The van der Waals surface area contributed by atoms with Crippen LogP contribution in [0.4, 0.5) is 8.78 Å². The van der Waals surface area contributed by atoms with E-state index in [2.05, 4.69) is 20.6 Å². The lowest BCUT2D eigenvalue weighted by molar-refractivity contribution is 0.0913. The molecule has 0 saturated heterocycles. The monoisotopic (exact) mass is 738 g/mol. The molecule has 2 heterocycles. The molecule has 4 aromatic rings. The summed E-state index contributed by atoms with van der Waals surface area (Å²) >= 11 is 6.12. The van der Waals surface area contributed by atoms with Crippen LogP contribution >= 0.6 is 11.6 Å². The molecule has 6 rings (SSSR count). The molecule has 52 heavy (non-hydrogen) atoms. The van der Waals surface area contributed by atoms with E-state index in [4.69, 9.17) is 30.5 Å². The first-order valence-corrected chi connectivity index (χ1v) is 17.6. The highest BCUT2D eigenvalue weighted by molar-refractivity contribution is 6.34. The van der Waals surface area contributed by atoms with E-state index < -0.39 is 17.5 Å². The molecule has 2 N–H and O–H groups in total. The molecule has 0 spiro atoms. The first-order valence-electron chi connectivity index (χ1n) is 17.3. The predicted molar refractivity (Wildman–Crippen MR) is 194 cm³/mol. The number of carbonyl (C=O) groups is 2. The summed E-state index contributed by atoms with van der Waals surface area (Å²) in [6, 6.07) is 10.9. The van der Waals surface area contributed by atoms with Gasteiger partial charge >= 0.3 is 0 Å². The number of ether oxygens (including phenoxy) is 4. The summed E-state index contributed by atoms with van der Waals surface area (Å²) in [4.78, 5) is 33.3. The zero-order chi connectivity index (χ0) is 37.6. The van der Waals surface area contributed by atoms with Gasteiger partial charge in [0.2, 0.25) is 5.88 Å². The van der Waals surface area contributed by atoms with Crippen molar-refractivity contribution in [1.29, 1.82) is 0 Å². The third kappa shape index (κ3) is 11.0. The molecule has 0 bridgehead atoms. The van der Waals surface area contributed by atoms with Crippen LogP contribution in [-0.2, 0) is 13.1 Å². The van der Waals surface area contributed by atoms with Crippen molar-refractivity contribution >= 4 is 23.4 Å². The molecule has 2 saturated carbocycles. The second-order valence-corrected chi connectivity index (χ2v) is 12.4. The molecule has 2 fully saturated rings. The van der Waals surface area contributed by atoms with Gasteiger partial charge in [-0.3, -0.25) is 14.6 Å². The Hall–Kier alpha value is -4.97. The van der Waals surface area contributed by atoms with Crippen molar-refractivity contribution in [3.63, 3.8) is 0 Å². The second kappa shape index (κ2) is 19.6. The van der Waals surface area contributed by atoms with Crippen LogP contribution in [0, 0.1) is 24.5 Å². The van der Waals surface area contributed by atoms with E-state index in [0.717, 1.165) is 37.7 Å². The van der Waals surface area contributed by atoms with Gasteiger partial charge in [-0.1, -0.05) is 37.6 Å². The van der Waals surface area contributed by atoms with Gasteiger partial charge in [-0.2, -0.15) is 0 Å². The van der Waals surface area contributed by atoms with Crippen LogP contribution in [0.3, 0.4) is 0 Å². The van der Waals surface area contributed by atoms with Crippen molar-refractivity contribution in [2.45, 2.75) is 72.1 Å². The minimum atomic E-state index is -0.482. The molecular weight excluding hydrogens is 694 g/mol. The maximum absolute atomic E-state index is 13.7. The average molecular weight is 739 g/mol. The number of hydrogen-bond acceptors (Lipinski definition) is 8. The van der Waals surface area contributed by atoms with Gasteiger partial charge in [-0.15, -0.1) is 0 Å². The molecule has 2 aromatic heterocycles. The number of pyridine rings is 2. The maximum Gasteiger partial charge on any atom is 0.257 e. The number of rotatable bonds is 13. The quantitative estimate of drug-likeness (QED) is 0.142. The van der Waals surface area contributed by atoms with Crippen LogP contribution < -0.4 is 29.6 Å². The zero-order valence-electron chi connectivity index (χ0n) is 30.1. The molecule has 278 valence electrons. The maximum atomic E-state index is 13.7. The summed E-state index contributed by atoms with van der Waals surface area (Å²) < 4.78 is 48.8. The Morgan fingerprint density at radius 1 is 0.827 bits per heavy atom. The number of aryl methyl sites for hydroxylation is 1. The minimum absolute atomic E-state index is 0.136. The summed E-state index contributed by atoms with van der Waals surface area (Å²) in [5, 5.41) is 5.74. The molecular formula is C39H45ClF2N4O6. The van der Waals surface area contributed by atoms with Crippen LogP contribution in [0.1, 0.15) is 83.4 Å².